The van der Waals surface area contributed by atoms with Crippen molar-refractivity contribution < 1.29 is 34.1 Å². The Hall–Kier alpha value is -3.02. The lowest BCUT2D eigenvalue weighted by molar-refractivity contribution is -0.140. The molecule has 36 heavy (non-hydrogen) atoms. The first-order valence-electron chi connectivity index (χ1n) is 10.9. The molecule has 9 nitrogen and oxygen atoms in total. The van der Waals surface area contributed by atoms with E-state index in [0.29, 0.717) is 5.75 Å². The highest BCUT2D eigenvalue weighted by Crippen LogP contribution is 2.35. The topological polar surface area (TPSA) is 156 Å². The molecule has 2 aromatic rings. The molecule has 0 unspecified atom stereocenters. The van der Waals surface area contributed by atoms with Crippen LogP contribution in [0.2, 0.25) is 0 Å². The number of ether oxygens (including phenoxy) is 1. The van der Waals surface area contributed by atoms with Gasteiger partial charge in [0.25, 0.3) is 0 Å². The van der Waals surface area contributed by atoms with E-state index >= 15 is 0 Å². The van der Waals surface area contributed by atoms with Crippen LogP contribution in [-0.2, 0) is 30.5 Å². The van der Waals surface area contributed by atoms with Crippen molar-refractivity contribution in [2.45, 2.75) is 44.2 Å². The van der Waals surface area contributed by atoms with Gasteiger partial charge >= 0.3 is 17.2 Å². The van der Waals surface area contributed by atoms with Gasteiger partial charge in [0.15, 0.2) is 0 Å². The summed E-state index contributed by atoms with van der Waals surface area (Å²) in [6, 6.07) is 17.2. The quantitative estimate of drug-likeness (QED) is 0.312. The smallest absolute Gasteiger partial charge is 0.367 e. The molecule has 196 valence electrons. The van der Waals surface area contributed by atoms with E-state index < -0.39 is 35.2 Å². The second-order valence-corrected chi connectivity index (χ2v) is 10.7. The Morgan fingerprint density at radius 2 is 1.50 bits per heavy atom. The zero-order valence-corrected chi connectivity index (χ0v) is 22.0. The lowest BCUT2D eigenvalue weighted by Crippen LogP contribution is -2.41. The summed E-state index contributed by atoms with van der Waals surface area (Å²) in [5.41, 5.74) is 7.51. The standard InChI is InChI=1S/C13H15NO5S.C12H17NO2S/c1-9(15)14-11(12(16)17)8-20-13(18)19-7-10-5-3-2-4-6-10;1-12(2,9-6-4-3-5-7-9)16-8-10(13)11(14)15/h2-6,11H,7-8H2,1H3,(H,14,15)(H,16,17);3-7,10H,8,13H2,1-2H3,(H,14,15)/t11-;10-/m00/s1. The third kappa shape index (κ3) is 12.6. The minimum atomic E-state index is -1.19. The minimum Gasteiger partial charge on any atom is -0.480 e. The second-order valence-electron chi connectivity index (χ2n) is 8.06. The fraction of sp³-hybridized carbons (Fsp3) is 0.360. The van der Waals surface area contributed by atoms with Crippen LogP contribution in [0.15, 0.2) is 60.7 Å². The lowest BCUT2D eigenvalue weighted by atomic mass is 10.0. The zero-order chi connectivity index (χ0) is 27.1. The molecule has 0 heterocycles. The van der Waals surface area contributed by atoms with Crippen molar-refractivity contribution in [3.8, 4) is 0 Å². The van der Waals surface area contributed by atoms with Gasteiger partial charge in [0.1, 0.15) is 18.7 Å². The van der Waals surface area contributed by atoms with Gasteiger partial charge in [-0.15, -0.1) is 11.8 Å². The number of benzene rings is 2. The molecule has 11 heteroatoms. The first-order valence-corrected chi connectivity index (χ1v) is 12.9. The third-order valence-corrected chi connectivity index (χ3v) is 6.99. The third-order valence-electron chi connectivity index (χ3n) is 4.65. The monoisotopic (exact) mass is 536 g/mol. The predicted molar refractivity (Wildman–Crippen MR) is 142 cm³/mol. The molecule has 0 aromatic heterocycles. The number of carboxylic acids is 2. The van der Waals surface area contributed by atoms with Gasteiger partial charge in [0.2, 0.25) is 5.91 Å². The van der Waals surface area contributed by atoms with Gasteiger partial charge in [-0.1, -0.05) is 60.7 Å². The Labute approximate surface area is 219 Å². The van der Waals surface area contributed by atoms with Crippen LogP contribution < -0.4 is 11.1 Å². The van der Waals surface area contributed by atoms with Crippen molar-refractivity contribution in [2.24, 2.45) is 5.73 Å². The van der Waals surface area contributed by atoms with Crippen LogP contribution in [0.4, 0.5) is 4.79 Å². The summed E-state index contributed by atoms with van der Waals surface area (Å²) in [4.78, 5) is 43.7. The fourth-order valence-corrected chi connectivity index (χ4v) is 4.33. The van der Waals surface area contributed by atoms with E-state index in [1.165, 1.54) is 12.5 Å². The average molecular weight is 537 g/mol. The highest BCUT2D eigenvalue weighted by molar-refractivity contribution is 8.13. The largest absolute Gasteiger partial charge is 0.480 e. The molecule has 1 amide bonds. The second kappa shape index (κ2) is 15.9. The van der Waals surface area contributed by atoms with Crippen molar-refractivity contribution in [1.29, 1.82) is 0 Å². The summed E-state index contributed by atoms with van der Waals surface area (Å²) >= 11 is 2.28. The molecule has 2 aromatic carbocycles. The molecular formula is C25H32N2O7S2. The number of nitrogens with two attached hydrogens (primary N) is 1. The molecule has 0 aliphatic heterocycles. The lowest BCUT2D eigenvalue weighted by Gasteiger charge is -2.25. The highest BCUT2D eigenvalue weighted by atomic mass is 32.2. The Balaban J connectivity index is 0.000000369. The van der Waals surface area contributed by atoms with Crippen LogP contribution >= 0.6 is 23.5 Å². The molecule has 2 rings (SSSR count). The van der Waals surface area contributed by atoms with E-state index in [9.17, 15) is 19.2 Å². The first-order chi connectivity index (χ1) is 16.9. The number of aliphatic carboxylic acids is 2. The highest BCUT2D eigenvalue weighted by Gasteiger charge is 2.23. The van der Waals surface area contributed by atoms with Crippen LogP contribution in [0.1, 0.15) is 31.9 Å². The van der Waals surface area contributed by atoms with Gasteiger partial charge in [-0.25, -0.2) is 9.59 Å². The molecule has 0 saturated heterocycles. The number of carbonyl (C=O) groups is 4. The summed E-state index contributed by atoms with van der Waals surface area (Å²) in [7, 11) is 0. The van der Waals surface area contributed by atoms with E-state index in [1.807, 2.05) is 60.7 Å². The van der Waals surface area contributed by atoms with Crippen molar-refractivity contribution in [1.82, 2.24) is 5.32 Å². The molecule has 0 spiro atoms. The molecule has 0 saturated carbocycles. The van der Waals surface area contributed by atoms with Crippen molar-refractivity contribution in [3.63, 3.8) is 0 Å². The van der Waals surface area contributed by atoms with Crippen LogP contribution in [0.25, 0.3) is 0 Å². The van der Waals surface area contributed by atoms with Crippen LogP contribution in [0.5, 0.6) is 0 Å². The SMILES string of the molecule is CC(=O)N[C@@H](CSC(=O)OCc1ccccc1)C(=O)O.CC(C)(SC[C@H](N)C(=O)O)c1ccccc1. The molecular weight excluding hydrogens is 504 g/mol. The van der Waals surface area contributed by atoms with E-state index in [1.54, 1.807) is 11.8 Å². The zero-order valence-electron chi connectivity index (χ0n) is 20.4. The van der Waals surface area contributed by atoms with Crippen molar-refractivity contribution in [3.05, 3.63) is 71.8 Å². The molecule has 0 radical (unpaired) electrons. The van der Waals surface area contributed by atoms with Crippen molar-refractivity contribution >= 4 is 46.7 Å². The predicted octanol–water partition coefficient (Wildman–Crippen LogP) is 3.71. The maximum atomic E-state index is 11.5. The number of amides is 1. The molecule has 0 fully saturated rings. The van der Waals surface area contributed by atoms with E-state index in [4.69, 9.17) is 20.7 Å². The molecule has 0 aliphatic rings. The van der Waals surface area contributed by atoms with Gasteiger partial charge in [-0.2, -0.15) is 0 Å². The number of thioether (sulfide) groups is 2. The molecule has 0 bridgehead atoms. The first kappa shape index (κ1) is 31.0. The van der Waals surface area contributed by atoms with Crippen LogP contribution in [0.3, 0.4) is 0 Å². The normalized spacial score (nSPS) is 12.3. The summed E-state index contributed by atoms with van der Waals surface area (Å²) in [6.07, 6.45) is 0. The number of hydrogen-bond acceptors (Lipinski definition) is 8. The maximum Gasteiger partial charge on any atom is 0.367 e. The Morgan fingerprint density at radius 1 is 0.944 bits per heavy atom. The Bertz CT molecular complexity index is 988. The number of carboxylic acid groups (broad SMARTS) is 2. The number of hydrogen-bond donors (Lipinski definition) is 4. The summed E-state index contributed by atoms with van der Waals surface area (Å²) in [5.74, 6) is -2.27. The van der Waals surface area contributed by atoms with E-state index in [2.05, 4.69) is 19.2 Å². The number of rotatable bonds is 11. The van der Waals surface area contributed by atoms with E-state index in [-0.39, 0.29) is 17.1 Å². The van der Waals surface area contributed by atoms with Gasteiger partial charge < -0.3 is 26.0 Å². The Kier molecular flexibility index (Phi) is 13.7. The molecule has 2 atom stereocenters. The van der Waals surface area contributed by atoms with Gasteiger partial charge in [0, 0.05) is 23.2 Å². The molecule has 0 aliphatic carbocycles. The Morgan fingerprint density at radius 3 is 2.00 bits per heavy atom. The minimum absolute atomic E-state index is 0.0808. The maximum absolute atomic E-state index is 11.5. The van der Waals surface area contributed by atoms with Gasteiger partial charge in [0.05, 0.1) is 0 Å². The molecule has 5 N–H and O–H groups in total. The van der Waals surface area contributed by atoms with Crippen LogP contribution in [-0.4, -0.2) is 56.9 Å². The van der Waals surface area contributed by atoms with Gasteiger partial charge in [-0.3, -0.25) is 9.59 Å². The average Bonchev–Trinajstić information content (AvgIpc) is 2.85. The summed E-state index contributed by atoms with van der Waals surface area (Å²) < 4.78 is 4.86. The number of nitrogens with one attached hydrogen (secondary N) is 1. The summed E-state index contributed by atoms with van der Waals surface area (Å²) in [6.45, 7) is 5.49. The number of carbonyl (C=O) groups excluding carboxylic acids is 2. The fourth-order valence-electron chi connectivity index (χ4n) is 2.62. The van der Waals surface area contributed by atoms with Crippen LogP contribution in [0, 0.1) is 0 Å². The van der Waals surface area contributed by atoms with Crippen molar-refractivity contribution in [2.75, 3.05) is 11.5 Å². The van der Waals surface area contributed by atoms with Gasteiger partial charge in [-0.05, 0) is 36.7 Å². The summed E-state index contributed by atoms with van der Waals surface area (Å²) in [5, 5.41) is 19.2. The van der Waals surface area contributed by atoms with E-state index in [0.717, 1.165) is 17.3 Å².